The van der Waals surface area contributed by atoms with Crippen molar-refractivity contribution in [3.8, 4) is 0 Å². The number of nitrogens with two attached hydrogens (primary N) is 1. The topological polar surface area (TPSA) is 38.4 Å². The highest BCUT2D eigenvalue weighted by Gasteiger charge is 2.03. The van der Waals surface area contributed by atoms with Crippen molar-refractivity contribution in [1.29, 1.82) is 0 Å². The van der Waals surface area contributed by atoms with Crippen LogP contribution in [0, 0.1) is 0 Å². The first-order valence-corrected chi connectivity index (χ1v) is 2.09. The van der Waals surface area contributed by atoms with Crippen molar-refractivity contribution in [2.24, 2.45) is 10.7 Å². The van der Waals surface area contributed by atoms with Crippen molar-refractivity contribution in [2.45, 2.75) is 19.5 Å². The minimum absolute atomic E-state index is 0.498. The number of aliphatic imine (C=N–C) groups is 1. The van der Waals surface area contributed by atoms with Crippen LogP contribution in [-0.2, 0) is 0 Å². The summed E-state index contributed by atoms with van der Waals surface area (Å²) < 4.78 is 0. The Morgan fingerprint density at radius 2 is 2.14 bits per heavy atom. The van der Waals surface area contributed by atoms with Gasteiger partial charge in [0.05, 0.1) is 0 Å². The van der Waals surface area contributed by atoms with Crippen LogP contribution in [0.5, 0.6) is 0 Å². The molecule has 0 amide bonds. The van der Waals surface area contributed by atoms with Crippen LogP contribution in [-0.4, -0.2) is 11.5 Å². The van der Waals surface area contributed by atoms with E-state index in [0.29, 0.717) is 0 Å². The Morgan fingerprint density at radius 1 is 1.71 bits per heavy atom. The fourth-order valence-electron chi connectivity index (χ4n) is 0.204. The van der Waals surface area contributed by atoms with E-state index in [4.69, 9.17) is 5.73 Å². The summed E-state index contributed by atoms with van der Waals surface area (Å²) in [4.78, 5) is 3.67. The average molecular weight is 98.1 g/mol. The molecule has 0 radical (unpaired) electrons. The van der Waals surface area contributed by atoms with Crippen LogP contribution in [0.4, 0.5) is 0 Å². The molecule has 7 heavy (non-hydrogen) atoms. The number of nitrogens with zero attached hydrogens (tertiary/aromatic N) is 1. The van der Waals surface area contributed by atoms with Crippen LogP contribution in [0.3, 0.4) is 0 Å². The van der Waals surface area contributed by atoms with E-state index < -0.39 is 5.66 Å². The molecule has 0 aromatic carbocycles. The van der Waals surface area contributed by atoms with Gasteiger partial charge in [-0.3, -0.25) is 0 Å². The maximum atomic E-state index is 5.38. The Kier molecular flexibility index (Phi) is 1.75. The normalized spacial score (nSPS) is 10.1. The molecule has 0 bridgehead atoms. The zero-order valence-electron chi connectivity index (χ0n) is 4.73. The van der Waals surface area contributed by atoms with Gasteiger partial charge in [0, 0.05) is 0 Å². The van der Waals surface area contributed by atoms with E-state index in [9.17, 15) is 0 Å². The summed E-state index contributed by atoms with van der Waals surface area (Å²) in [5.41, 5.74) is 4.88. The lowest BCUT2D eigenvalue weighted by molar-refractivity contribution is 0.554. The summed E-state index contributed by atoms with van der Waals surface area (Å²) in [5, 5.41) is 0. The van der Waals surface area contributed by atoms with Crippen molar-refractivity contribution >= 4 is 5.87 Å². The zero-order chi connectivity index (χ0) is 5.91. The minimum atomic E-state index is -0.498. The van der Waals surface area contributed by atoms with E-state index >= 15 is 0 Å². The monoisotopic (exact) mass is 98.1 g/mol. The van der Waals surface area contributed by atoms with Gasteiger partial charge in [0.25, 0.3) is 0 Å². The van der Waals surface area contributed by atoms with Crippen LogP contribution >= 0.6 is 0 Å². The van der Waals surface area contributed by atoms with Gasteiger partial charge in [-0.05, 0) is 26.3 Å². The molecule has 0 spiro atoms. The minimum Gasteiger partial charge on any atom is -0.307 e. The molecule has 0 heterocycles. The van der Waals surface area contributed by atoms with Gasteiger partial charge in [-0.25, -0.2) is 4.99 Å². The maximum Gasteiger partial charge on any atom is 0.111 e. The lowest BCUT2D eigenvalue weighted by Gasteiger charge is -2.07. The van der Waals surface area contributed by atoms with Gasteiger partial charge in [-0.1, -0.05) is 0 Å². The first-order chi connectivity index (χ1) is 3.06. The van der Waals surface area contributed by atoms with E-state index in [-0.39, 0.29) is 0 Å². The molecule has 0 fully saturated rings. The highest BCUT2D eigenvalue weighted by Crippen LogP contribution is 1.93. The van der Waals surface area contributed by atoms with Crippen molar-refractivity contribution in [1.82, 2.24) is 0 Å². The van der Waals surface area contributed by atoms with E-state index in [1.807, 2.05) is 0 Å². The Morgan fingerprint density at radius 3 is 2.14 bits per heavy atom. The average Bonchev–Trinajstić information content (AvgIpc) is 1.30. The SMILES string of the molecule is C=C=NC(C)(C)N. The summed E-state index contributed by atoms with van der Waals surface area (Å²) in [7, 11) is 0. The molecular formula is C5H10N2. The first kappa shape index (κ1) is 6.41. The molecule has 40 valence electrons. The molecule has 0 rings (SSSR count). The van der Waals surface area contributed by atoms with Crippen LogP contribution in [0.2, 0.25) is 0 Å². The summed E-state index contributed by atoms with van der Waals surface area (Å²) in [6.45, 7) is 6.84. The molecule has 0 saturated heterocycles. The second kappa shape index (κ2) is 1.92. The molecular weight excluding hydrogens is 88.1 g/mol. The van der Waals surface area contributed by atoms with Crippen LogP contribution < -0.4 is 5.73 Å². The van der Waals surface area contributed by atoms with Crippen molar-refractivity contribution in [3.63, 3.8) is 0 Å². The van der Waals surface area contributed by atoms with E-state index in [0.717, 1.165) is 0 Å². The predicted octanol–water partition coefficient (Wildman–Crippen LogP) is 0.537. The Labute approximate surface area is 43.7 Å². The smallest absolute Gasteiger partial charge is 0.111 e. The lowest BCUT2D eigenvalue weighted by atomic mass is 10.3. The highest BCUT2D eigenvalue weighted by molar-refractivity contribution is 5.47. The van der Waals surface area contributed by atoms with Gasteiger partial charge in [0.2, 0.25) is 0 Å². The van der Waals surface area contributed by atoms with Crippen LogP contribution in [0.1, 0.15) is 13.8 Å². The summed E-state index contributed by atoms with van der Waals surface area (Å²) in [5.74, 6) is 2.36. The van der Waals surface area contributed by atoms with Crippen LogP contribution in [0.25, 0.3) is 0 Å². The van der Waals surface area contributed by atoms with Crippen LogP contribution in [0.15, 0.2) is 11.6 Å². The lowest BCUT2D eigenvalue weighted by Crippen LogP contribution is -2.28. The molecule has 0 aliphatic heterocycles. The number of rotatable bonds is 1. The molecule has 0 saturated carbocycles. The Balaban J connectivity index is 3.80. The van der Waals surface area contributed by atoms with Gasteiger partial charge < -0.3 is 5.73 Å². The predicted molar refractivity (Wildman–Crippen MR) is 31.3 cm³/mol. The molecule has 2 heteroatoms. The molecule has 0 aliphatic rings. The van der Waals surface area contributed by atoms with Gasteiger partial charge in [-0.2, -0.15) is 0 Å². The fourth-order valence-corrected chi connectivity index (χ4v) is 0.204. The molecule has 0 unspecified atom stereocenters. The largest absolute Gasteiger partial charge is 0.307 e. The molecule has 2 nitrogen and oxygen atoms in total. The fraction of sp³-hybridized carbons (Fsp3) is 0.600. The number of hydrogen-bond acceptors (Lipinski definition) is 2. The van der Waals surface area contributed by atoms with Crippen molar-refractivity contribution in [2.75, 3.05) is 0 Å². The highest BCUT2D eigenvalue weighted by atomic mass is 15.0. The molecule has 0 aromatic rings. The summed E-state index contributed by atoms with van der Waals surface area (Å²) >= 11 is 0. The van der Waals surface area contributed by atoms with E-state index in [2.05, 4.69) is 17.4 Å². The molecule has 0 atom stereocenters. The van der Waals surface area contributed by atoms with Gasteiger partial charge in [0.1, 0.15) is 5.66 Å². The Hall–Kier alpha value is -0.590. The number of hydrogen-bond donors (Lipinski definition) is 1. The van der Waals surface area contributed by atoms with E-state index in [1.165, 1.54) is 0 Å². The second-order valence-electron chi connectivity index (χ2n) is 1.92. The third-order valence-corrected chi connectivity index (χ3v) is 0.367. The molecule has 2 N–H and O–H groups in total. The van der Waals surface area contributed by atoms with Crippen molar-refractivity contribution < 1.29 is 0 Å². The van der Waals surface area contributed by atoms with Crippen molar-refractivity contribution in [3.05, 3.63) is 6.58 Å². The van der Waals surface area contributed by atoms with E-state index in [1.54, 1.807) is 13.8 Å². The third kappa shape index (κ3) is 5.41. The standard InChI is InChI=1S/C5H10N2/c1-4-7-5(2,3)6/h1,6H2,2-3H3. The summed E-state index contributed by atoms with van der Waals surface area (Å²) in [6, 6.07) is 0. The third-order valence-electron chi connectivity index (χ3n) is 0.367. The Bertz CT molecular complexity index is 93.1. The van der Waals surface area contributed by atoms with Gasteiger partial charge in [0.15, 0.2) is 0 Å². The summed E-state index contributed by atoms with van der Waals surface area (Å²) in [6.07, 6.45) is 0. The molecule has 0 aromatic heterocycles. The zero-order valence-corrected chi connectivity index (χ0v) is 4.73. The quantitative estimate of drug-likeness (QED) is 0.477. The first-order valence-electron chi connectivity index (χ1n) is 2.09. The molecule has 0 aliphatic carbocycles. The van der Waals surface area contributed by atoms with Gasteiger partial charge >= 0.3 is 0 Å². The second-order valence-corrected chi connectivity index (χ2v) is 1.92. The maximum absolute atomic E-state index is 5.38. The van der Waals surface area contributed by atoms with Gasteiger partial charge in [-0.15, -0.1) is 0 Å².